The highest BCUT2D eigenvalue weighted by Crippen LogP contribution is 2.44. The SMILES string of the molecule is C=CC(=O)C(=C)C(C)c1cc(Nc2nccc(-c3c(N4CCN(C)C(=O)C4)n4c5c(cccc35)CCC4)n2)c(OC)cc1N(C)CCN(C)C. The van der Waals surface area contributed by atoms with E-state index in [0.29, 0.717) is 36.0 Å². The number of nitrogens with zero attached hydrogens (tertiary/aromatic N) is 7. The van der Waals surface area contributed by atoms with Crippen molar-refractivity contribution in [3.8, 4) is 17.0 Å². The van der Waals surface area contributed by atoms with E-state index in [0.717, 1.165) is 72.7 Å². The molecule has 50 heavy (non-hydrogen) atoms. The Kier molecular flexibility index (Phi) is 9.97. The van der Waals surface area contributed by atoms with E-state index in [2.05, 4.69) is 60.9 Å². The molecule has 262 valence electrons. The lowest BCUT2D eigenvalue weighted by Gasteiger charge is -2.35. The Hall–Kier alpha value is -5.16. The molecule has 0 bridgehead atoms. The number of hydrogen-bond donors (Lipinski definition) is 1. The molecule has 0 radical (unpaired) electrons. The van der Waals surface area contributed by atoms with Gasteiger partial charge in [0.2, 0.25) is 11.9 Å². The number of amides is 1. The Bertz CT molecular complexity index is 1960. The van der Waals surface area contributed by atoms with Gasteiger partial charge < -0.3 is 34.2 Å². The molecule has 11 heteroatoms. The number of allylic oxidation sites excluding steroid dienone is 2. The number of para-hydroxylation sites is 1. The number of benzene rings is 2. The molecular formula is C39H48N8O3. The van der Waals surface area contributed by atoms with Crippen molar-refractivity contribution < 1.29 is 14.3 Å². The third-order valence-corrected chi connectivity index (χ3v) is 10.0. The van der Waals surface area contributed by atoms with Crippen LogP contribution >= 0.6 is 0 Å². The summed E-state index contributed by atoms with van der Waals surface area (Å²) >= 11 is 0. The van der Waals surface area contributed by atoms with Gasteiger partial charge in [0.05, 0.1) is 36.1 Å². The average molecular weight is 677 g/mol. The number of piperazine rings is 1. The molecule has 1 fully saturated rings. The molecule has 1 atom stereocenters. The first-order valence-corrected chi connectivity index (χ1v) is 17.2. The fourth-order valence-corrected chi connectivity index (χ4v) is 7.05. The molecule has 0 saturated carbocycles. The lowest BCUT2D eigenvalue weighted by Crippen LogP contribution is -2.49. The highest BCUT2D eigenvalue weighted by atomic mass is 16.5. The van der Waals surface area contributed by atoms with Crippen LogP contribution in [0.25, 0.3) is 22.2 Å². The Morgan fingerprint density at radius 3 is 2.66 bits per heavy atom. The second kappa shape index (κ2) is 14.4. The summed E-state index contributed by atoms with van der Waals surface area (Å²) in [7, 11) is 9.63. The van der Waals surface area contributed by atoms with Gasteiger partial charge in [0.15, 0.2) is 5.78 Å². The summed E-state index contributed by atoms with van der Waals surface area (Å²) in [5.74, 6) is 1.67. The Morgan fingerprint density at radius 2 is 1.94 bits per heavy atom. The van der Waals surface area contributed by atoms with E-state index in [1.54, 1.807) is 18.2 Å². The van der Waals surface area contributed by atoms with Crippen molar-refractivity contribution in [3.05, 3.63) is 78.5 Å². The largest absolute Gasteiger partial charge is 0.494 e. The first-order valence-electron chi connectivity index (χ1n) is 17.2. The maximum Gasteiger partial charge on any atom is 0.241 e. The number of rotatable bonds is 13. The molecule has 4 heterocycles. The number of likely N-dealkylation sites (N-methyl/N-ethyl adjacent to an activating group) is 3. The van der Waals surface area contributed by atoms with Crippen LogP contribution in [-0.2, 0) is 22.6 Å². The fourth-order valence-electron chi connectivity index (χ4n) is 7.05. The van der Waals surface area contributed by atoms with E-state index in [1.165, 1.54) is 17.2 Å². The normalized spacial score (nSPS) is 15.0. The molecule has 2 aliphatic rings. The van der Waals surface area contributed by atoms with E-state index in [9.17, 15) is 9.59 Å². The predicted octanol–water partition coefficient (Wildman–Crippen LogP) is 5.49. The van der Waals surface area contributed by atoms with Gasteiger partial charge in [0, 0.05) is 76.1 Å². The fraction of sp³-hybridized carbons (Fsp3) is 0.385. The molecule has 1 amide bonds. The molecule has 2 aliphatic heterocycles. The van der Waals surface area contributed by atoms with Crippen LogP contribution in [0.2, 0.25) is 0 Å². The average Bonchev–Trinajstić information content (AvgIpc) is 3.46. The number of methoxy groups -OCH3 is 1. The zero-order valence-electron chi connectivity index (χ0n) is 30.1. The van der Waals surface area contributed by atoms with Crippen LogP contribution in [0.1, 0.15) is 30.4 Å². The number of hydrogen-bond acceptors (Lipinski definition) is 9. The summed E-state index contributed by atoms with van der Waals surface area (Å²) in [6.07, 6.45) is 5.13. The molecule has 0 aliphatic carbocycles. The molecule has 1 N–H and O–H groups in total. The first-order chi connectivity index (χ1) is 24.0. The van der Waals surface area contributed by atoms with Gasteiger partial charge in [-0.05, 0) is 61.8 Å². The summed E-state index contributed by atoms with van der Waals surface area (Å²) in [6, 6.07) is 12.4. The van der Waals surface area contributed by atoms with Crippen LogP contribution in [0.5, 0.6) is 5.75 Å². The summed E-state index contributed by atoms with van der Waals surface area (Å²) < 4.78 is 8.30. The van der Waals surface area contributed by atoms with Crippen molar-refractivity contribution in [3.63, 3.8) is 0 Å². The smallest absolute Gasteiger partial charge is 0.241 e. The lowest BCUT2D eigenvalue weighted by atomic mass is 9.89. The molecular weight excluding hydrogens is 628 g/mol. The van der Waals surface area contributed by atoms with Crippen molar-refractivity contribution in [2.24, 2.45) is 0 Å². The summed E-state index contributed by atoms with van der Waals surface area (Å²) in [4.78, 5) is 43.7. The monoisotopic (exact) mass is 676 g/mol. The number of aryl methyl sites for hydroxylation is 2. The molecule has 11 nitrogen and oxygen atoms in total. The predicted molar refractivity (Wildman–Crippen MR) is 202 cm³/mol. The minimum atomic E-state index is -0.292. The molecule has 2 aromatic heterocycles. The molecule has 2 aromatic carbocycles. The number of ether oxygens (including phenoxy) is 1. The van der Waals surface area contributed by atoms with E-state index < -0.39 is 0 Å². The van der Waals surface area contributed by atoms with Crippen LogP contribution in [0, 0.1) is 0 Å². The van der Waals surface area contributed by atoms with Gasteiger partial charge in [-0.2, -0.15) is 0 Å². The van der Waals surface area contributed by atoms with Crippen molar-refractivity contribution in [1.82, 2.24) is 24.3 Å². The highest BCUT2D eigenvalue weighted by Gasteiger charge is 2.31. The molecule has 1 unspecified atom stereocenters. The second-order valence-corrected chi connectivity index (χ2v) is 13.5. The minimum absolute atomic E-state index is 0.103. The second-order valence-electron chi connectivity index (χ2n) is 13.5. The number of aromatic nitrogens is 3. The number of carbonyl (C=O) groups is 2. The standard InChI is InChI=1S/C39H48N8O3/c1-9-33(48)26(3)25(2)29-22-31(34(50-8)23-32(29)44(6)19-18-43(4)5)42-39-40-16-15-30(41-39)36-28-14-10-12-27-13-11-17-47(37(27)28)38(36)46-21-20-45(7)35(49)24-46/h9-10,12,14-16,22-23,25H,1,3,11,13,17-21,24H2,2,4-8H3,(H,40,41,42). The molecule has 0 spiro atoms. The van der Waals surface area contributed by atoms with E-state index >= 15 is 0 Å². The lowest BCUT2D eigenvalue weighted by molar-refractivity contribution is -0.129. The topological polar surface area (TPSA) is 99.1 Å². The molecule has 1 saturated heterocycles. The van der Waals surface area contributed by atoms with Gasteiger partial charge in [-0.15, -0.1) is 0 Å². The number of ketones is 1. The minimum Gasteiger partial charge on any atom is -0.494 e. The highest BCUT2D eigenvalue weighted by molar-refractivity contribution is 6.05. The van der Waals surface area contributed by atoms with Gasteiger partial charge in [0.1, 0.15) is 11.6 Å². The maximum atomic E-state index is 12.9. The van der Waals surface area contributed by atoms with Gasteiger partial charge in [-0.3, -0.25) is 9.59 Å². The van der Waals surface area contributed by atoms with Gasteiger partial charge in [-0.1, -0.05) is 38.3 Å². The van der Waals surface area contributed by atoms with E-state index in [4.69, 9.17) is 9.72 Å². The summed E-state index contributed by atoms with van der Waals surface area (Å²) in [5, 5.41) is 4.56. The van der Waals surface area contributed by atoms with Crippen molar-refractivity contribution in [1.29, 1.82) is 0 Å². The first kappa shape index (κ1) is 34.7. The van der Waals surface area contributed by atoms with Crippen LogP contribution in [0.4, 0.5) is 23.1 Å². The zero-order chi connectivity index (χ0) is 35.7. The number of carbonyl (C=O) groups excluding carboxylic acids is 2. The third kappa shape index (κ3) is 6.57. The Balaban J connectivity index is 1.44. The van der Waals surface area contributed by atoms with E-state index in [1.807, 2.05) is 53.3 Å². The van der Waals surface area contributed by atoms with Gasteiger partial charge in [0.25, 0.3) is 0 Å². The molecule has 6 rings (SSSR count). The number of anilines is 4. The van der Waals surface area contributed by atoms with Crippen molar-refractivity contribution >= 4 is 45.7 Å². The third-order valence-electron chi connectivity index (χ3n) is 10.0. The van der Waals surface area contributed by atoms with Crippen LogP contribution in [-0.4, -0.2) is 104 Å². The van der Waals surface area contributed by atoms with Crippen LogP contribution in [0.15, 0.2) is 67.4 Å². The zero-order valence-corrected chi connectivity index (χ0v) is 30.1. The summed E-state index contributed by atoms with van der Waals surface area (Å²) in [6.45, 7) is 14.0. The van der Waals surface area contributed by atoms with E-state index in [-0.39, 0.29) is 17.6 Å². The Labute approximate surface area is 294 Å². The Morgan fingerprint density at radius 1 is 1.14 bits per heavy atom. The van der Waals surface area contributed by atoms with Crippen molar-refractivity contribution in [2.75, 3.05) is 83.1 Å². The van der Waals surface area contributed by atoms with Crippen LogP contribution < -0.4 is 19.9 Å². The molecule has 4 aromatic rings. The van der Waals surface area contributed by atoms with Crippen LogP contribution in [0.3, 0.4) is 0 Å². The van der Waals surface area contributed by atoms with Gasteiger partial charge >= 0.3 is 0 Å². The summed E-state index contributed by atoms with van der Waals surface area (Å²) in [5.41, 5.74) is 7.28. The van der Waals surface area contributed by atoms with Gasteiger partial charge in [-0.25, -0.2) is 9.97 Å². The maximum absolute atomic E-state index is 12.9. The quantitative estimate of drug-likeness (QED) is 0.185. The number of nitrogens with one attached hydrogen (secondary N) is 1. The van der Waals surface area contributed by atoms with Crippen molar-refractivity contribution in [2.45, 2.75) is 32.2 Å².